The van der Waals surface area contributed by atoms with E-state index in [1.807, 2.05) is 48.5 Å². The lowest BCUT2D eigenvalue weighted by Crippen LogP contribution is -2.23. The number of hydrogen-bond donors (Lipinski definition) is 0. The summed E-state index contributed by atoms with van der Waals surface area (Å²) in [5.41, 5.74) is 1.42. The average Bonchev–Trinajstić information content (AvgIpc) is 3.31. The monoisotopic (exact) mass is 417 g/mol. The smallest absolute Gasteiger partial charge is 0.291 e. The summed E-state index contributed by atoms with van der Waals surface area (Å²) in [6.07, 6.45) is 5.17. The first-order valence-corrected chi connectivity index (χ1v) is 10.1. The van der Waals surface area contributed by atoms with Crippen molar-refractivity contribution in [1.82, 2.24) is 14.6 Å². The Morgan fingerprint density at radius 2 is 1.73 bits per heavy atom. The zero-order chi connectivity index (χ0) is 20.9. The van der Waals surface area contributed by atoms with E-state index in [2.05, 4.69) is 23.2 Å². The lowest BCUT2D eigenvalue weighted by atomic mass is 10.2. The van der Waals surface area contributed by atoms with E-state index in [0.717, 1.165) is 16.9 Å². The van der Waals surface area contributed by atoms with Crippen LogP contribution in [0.1, 0.15) is 5.56 Å². The number of hydrogen-bond acceptors (Lipinski definition) is 6. The Labute approximate surface area is 177 Å². The van der Waals surface area contributed by atoms with Crippen LogP contribution in [0.3, 0.4) is 0 Å². The topological polar surface area (TPSA) is 65.7 Å². The molecule has 0 aliphatic rings. The molecule has 0 saturated heterocycles. The van der Waals surface area contributed by atoms with Gasteiger partial charge < -0.3 is 9.47 Å². The third-order valence-electron chi connectivity index (χ3n) is 4.22. The van der Waals surface area contributed by atoms with Gasteiger partial charge in [-0.05, 0) is 36.4 Å². The molecule has 4 aromatic rings. The molecule has 0 radical (unpaired) electrons. The van der Waals surface area contributed by atoms with Gasteiger partial charge in [0, 0.05) is 11.1 Å². The molecule has 0 amide bonds. The minimum absolute atomic E-state index is 0.210. The van der Waals surface area contributed by atoms with E-state index < -0.39 is 0 Å². The molecular formula is C23H19N3O3S. The van der Waals surface area contributed by atoms with Crippen LogP contribution in [-0.4, -0.2) is 27.8 Å². The van der Waals surface area contributed by atoms with Crippen LogP contribution in [0.5, 0.6) is 11.5 Å². The Kier molecular flexibility index (Phi) is 5.72. The third kappa shape index (κ3) is 4.01. The molecule has 4 rings (SSSR count). The normalized spacial score (nSPS) is 11.5. The van der Waals surface area contributed by atoms with E-state index in [0.29, 0.717) is 34.3 Å². The predicted molar refractivity (Wildman–Crippen MR) is 119 cm³/mol. The van der Waals surface area contributed by atoms with E-state index in [-0.39, 0.29) is 5.56 Å². The molecule has 2 heterocycles. The van der Waals surface area contributed by atoms with Crippen LogP contribution in [0.2, 0.25) is 0 Å². The van der Waals surface area contributed by atoms with Crippen LogP contribution in [0, 0.1) is 0 Å². The van der Waals surface area contributed by atoms with Gasteiger partial charge in [0.25, 0.3) is 5.56 Å². The van der Waals surface area contributed by atoms with Crippen molar-refractivity contribution in [1.29, 1.82) is 0 Å². The predicted octanol–water partition coefficient (Wildman–Crippen LogP) is 3.50. The van der Waals surface area contributed by atoms with Gasteiger partial charge in [0.2, 0.25) is 4.96 Å². The Morgan fingerprint density at radius 1 is 1.00 bits per heavy atom. The SMILES string of the molecule is C=CCOc1ccc(-c2nc3sc(=Cc4ccccc4OCC=C)c(=O)n3n2)cc1. The number of nitrogens with zero attached hydrogens (tertiary/aromatic N) is 3. The van der Waals surface area contributed by atoms with E-state index in [1.165, 1.54) is 15.9 Å². The Bertz CT molecular complexity index is 1310. The number of thiazole rings is 1. The van der Waals surface area contributed by atoms with Crippen molar-refractivity contribution in [2.75, 3.05) is 13.2 Å². The van der Waals surface area contributed by atoms with Gasteiger partial charge in [-0.25, -0.2) is 0 Å². The number of rotatable bonds is 8. The summed E-state index contributed by atoms with van der Waals surface area (Å²) in [7, 11) is 0. The first-order chi connectivity index (χ1) is 14.7. The zero-order valence-electron chi connectivity index (χ0n) is 16.2. The fourth-order valence-corrected chi connectivity index (χ4v) is 3.73. The highest BCUT2D eigenvalue weighted by Gasteiger charge is 2.12. The number of benzene rings is 2. The van der Waals surface area contributed by atoms with Crippen LogP contribution in [0.15, 0.2) is 78.6 Å². The molecule has 30 heavy (non-hydrogen) atoms. The van der Waals surface area contributed by atoms with Crippen LogP contribution >= 0.6 is 11.3 Å². The van der Waals surface area contributed by atoms with Crippen molar-refractivity contribution in [2.45, 2.75) is 0 Å². The fraction of sp³-hybridized carbons (Fsp3) is 0.0870. The van der Waals surface area contributed by atoms with E-state index in [4.69, 9.17) is 9.47 Å². The molecule has 0 unspecified atom stereocenters. The summed E-state index contributed by atoms with van der Waals surface area (Å²) in [5, 5.41) is 4.39. The maximum atomic E-state index is 12.8. The van der Waals surface area contributed by atoms with E-state index in [9.17, 15) is 4.79 Å². The van der Waals surface area contributed by atoms with Gasteiger partial charge >= 0.3 is 0 Å². The van der Waals surface area contributed by atoms with Gasteiger partial charge in [0.15, 0.2) is 5.82 Å². The molecule has 0 atom stereocenters. The lowest BCUT2D eigenvalue weighted by Gasteiger charge is -2.05. The molecule has 150 valence electrons. The summed E-state index contributed by atoms with van der Waals surface area (Å²) in [5.74, 6) is 1.92. The molecule has 0 N–H and O–H groups in total. The summed E-state index contributed by atoms with van der Waals surface area (Å²) < 4.78 is 13.0. The van der Waals surface area contributed by atoms with Crippen LogP contribution in [0.4, 0.5) is 0 Å². The highest BCUT2D eigenvalue weighted by Crippen LogP contribution is 2.21. The maximum Gasteiger partial charge on any atom is 0.291 e. The lowest BCUT2D eigenvalue weighted by molar-refractivity contribution is 0.362. The zero-order valence-corrected chi connectivity index (χ0v) is 17.0. The number of aromatic nitrogens is 3. The number of fused-ring (bicyclic) bond motifs is 1. The second-order valence-electron chi connectivity index (χ2n) is 6.31. The first kappa shape index (κ1) is 19.6. The minimum Gasteiger partial charge on any atom is -0.490 e. The summed E-state index contributed by atoms with van der Waals surface area (Å²) in [4.78, 5) is 17.9. The third-order valence-corrected chi connectivity index (χ3v) is 5.18. The van der Waals surface area contributed by atoms with E-state index >= 15 is 0 Å². The van der Waals surface area contributed by atoms with Crippen molar-refractivity contribution in [2.24, 2.45) is 0 Å². The molecule has 0 aliphatic heterocycles. The molecule has 6 nitrogen and oxygen atoms in total. The van der Waals surface area contributed by atoms with Gasteiger partial charge in [-0.1, -0.05) is 54.8 Å². The fourth-order valence-electron chi connectivity index (χ4n) is 2.83. The molecule has 7 heteroatoms. The average molecular weight is 417 g/mol. The highest BCUT2D eigenvalue weighted by molar-refractivity contribution is 7.15. The van der Waals surface area contributed by atoms with Crippen LogP contribution in [-0.2, 0) is 0 Å². The number of ether oxygens (including phenoxy) is 2. The van der Waals surface area contributed by atoms with E-state index in [1.54, 1.807) is 18.2 Å². The maximum absolute atomic E-state index is 12.8. The van der Waals surface area contributed by atoms with Gasteiger partial charge in [-0.15, -0.1) is 5.10 Å². The standard InChI is InChI=1S/C23H19N3O3S/c1-3-13-28-18-11-9-16(10-12-18)21-24-23-26(25-21)22(27)20(30-23)15-17-7-5-6-8-19(17)29-14-4-2/h3-12,15H,1-2,13-14H2. The van der Waals surface area contributed by atoms with Gasteiger partial charge in [0.05, 0.1) is 4.53 Å². The van der Waals surface area contributed by atoms with Crippen molar-refractivity contribution < 1.29 is 9.47 Å². The molecule has 0 aliphatic carbocycles. The Hall–Kier alpha value is -3.71. The Balaban J connectivity index is 1.66. The first-order valence-electron chi connectivity index (χ1n) is 9.28. The summed E-state index contributed by atoms with van der Waals surface area (Å²) in [6.45, 7) is 8.13. The largest absolute Gasteiger partial charge is 0.490 e. The van der Waals surface area contributed by atoms with Crippen LogP contribution in [0.25, 0.3) is 22.4 Å². The molecule has 0 bridgehead atoms. The summed E-state index contributed by atoms with van der Waals surface area (Å²) >= 11 is 1.29. The molecule has 0 fully saturated rings. The molecule has 2 aromatic heterocycles. The second-order valence-corrected chi connectivity index (χ2v) is 7.32. The molecule has 0 spiro atoms. The van der Waals surface area contributed by atoms with Crippen LogP contribution < -0.4 is 19.6 Å². The number of para-hydroxylation sites is 1. The quantitative estimate of drug-likeness (QED) is 0.411. The second kappa shape index (κ2) is 8.75. The molecule has 0 saturated carbocycles. The van der Waals surface area contributed by atoms with Gasteiger partial charge in [-0.2, -0.15) is 9.50 Å². The van der Waals surface area contributed by atoms with Crippen molar-refractivity contribution in [3.63, 3.8) is 0 Å². The van der Waals surface area contributed by atoms with Crippen molar-refractivity contribution >= 4 is 22.4 Å². The summed E-state index contributed by atoms with van der Waals surface area (Å²) in [6, 6.07) is 14.9. The molecule has 2 aromatic carbocycles. The van der Waals surface area contributed by atoms with Gasteiger partial charge in [-0.3, -0.25) is 4.79 Å². The van der Waals surface area contributed by atoms with Gasteiger partial charge in [0.1, 0.15) is 24.7 Å². The molecular weight excluding hydrogens is 398 g/mol. The van der Waals surface area contributed by atoms with Crippen molar-refractivity contribution in [3.8, 4) is 22.9 Å². The highest BCUT2D eigenvalue weighted by atomic mass is 32.1. The minimum atomic E-state index is -0.210. The van der Waals surface area contributed by atoms with Crippen molar-refractivity contribution in [3.05, 3.63) is 94.3 Å². The Morgan fingerprint density at radius 3 is 2.47 bits per heavy atom.